The molecule has 3 N–H and O–H groups in total. The summed E-state index contributed by atoms with van der Waals surface area (Å²) in [5, 5.41) is 14.6. The highest BCUT2D eigenvalue weighted by atomic mass is 16.5. The zero-order valence-electron chi connectivity index (χ0n) is 17.1. The number of hydrogen-bond donors (Lipinski definition) is 3. The van der Waals surface area contributed by atoms with Gasteiger partial charge in [-0.3, -0.25) is 10.1 Å². The second-order valence-electron chi connectivity index (χ2n) is 6.63. The average Bonchev–Trinajstić information content (AvgIpc) is 3.51. The van der Waals surface area contributed by atoms with E-state index in [0.717, 1.165) is 22.5 Å². The molecule has 9 heteroatoms. The van der Waals surface area contributed by atoms with E-state index in [1.807, 2.05) is 44.2 Å². The number of hydrogen-bond acceptors (Lipinski definition) is 6. The van der Waals surface area contributed by atoms with Crippen LogP contribution in [0.1, 0.15) is 31.5 Å². The lowest BCUT2D eigenvalue weighted by Crippen LogP contribution is -2.38. The smallest absolute Gasteiger partial charge is 0.216 e. The Bertz CT molecular complexity index is 1130. The van der Waals surface area contributed by atoms with Crippen LogP contribution in [0.5, 0.6) is 5.75 Å². The standard InChI is InChI=1S/C21H24N6O3/c1-4-28-15-8-5-7-14-11-17(30-19(14)15)13(2)24-21(22-3)23-12-18-25-20(27-26-18)16-9-6-10-29-16/h5-11,13H,4,12H2,1-3H3,(H2,22,23,24)(H,25,26,27). The van der Waals surface area contributed by atoms with Gasteiger partial charge in [0.25, 0.3) is 0 Å². The van der Waals surface area contributed by atoms with E-state index in [4.69, 9.17) is 13.6 Å². The largest absolute Gasteiger partial charge is 0.490 e. The summed E-state index contributed by atoms with van der Waals surface area (Å²) in [5.74, 6) is 3.95. The van der Waals surface area contributed by atoms with Crippen molar-refractivity contribution in [3.63, 3.8) is 0 Å². The highest BCUT2D eigenvalue weighted by Crippen LogP contribution is 2.31. The van der Waals surface area contributed by atoms with Gasteiger partial charge in [-0.25, -0.2) is 4.98 Å². The second kappa shape index (κ2) is 8.73. The minimum atomic E-state index is -0.105. The molecule has 0 aliphatic heterocycles. The van der Waals surface area contributed by atoms with Gasteiger partial charge in [0, 0.05) is 12.4 Å². The number of para-hydroxylation sites is 1. The lowest BCUT2D eigenvalue weighted by atomic mass is 10.2. The van der Waals surface area contributed by atoms with Crippen LogP contribution in [0, 0.1) is 0 Å². The zero-order chi connectivity index (χ0) is 20.9. The lowest BCUT2D eigenvalue weighted by molar-refractivity contribution is 0.336. The number of nitrogens with zero attached hydrogens (tertiary/aromatic N) is 3. The predicted molar refractivity (Wildman–Crippen MR) is 113 cm³/mol. The molecule has 0 aliphatic rings. The molecule has 0 amide bonds. The SMILES string of the molecule is CCOc1cccc2cc(C(C)NC(=NC)NCc3nc(-c4ccco4)n[nH]3)oc12. The number of aliphatic imine (C=N–C) groups is 1. The number of nitrogens with one attached hydrogen (secondary N) is 3. The van der Waals surface area contributed by atoms with Gasteiger partial charge in [0.1, 0.15) is 11.6 Å². The Morgan fingerprint density at radius 2 is 2.20 bits per heavy atom. The van der Waals surface area contributed by atoms with E-state index in [1.54, 1.807) is 19.4 Å². The molecule has 30 heavy (non-hydrogen) atoms. The summed E-state index contributed by atoms with van der Waals surface area (Å²) in [6.45, 7) is 4.97. The molecule has 4 rings (SSSR count). The minimum absolute atomic E-state index is 0.105. The zero-order valence-corrected chi connectivity index (χ0v) is 17.1. The number of furan rings is 2. The van der Waals surface area contributed by atoms with Crippen molar-refractivity contribution in [3.05, 3.63) is 54.2 Å². The van der Waals surface area contributed by atoms with Gasteiger partial charge < -0.3 is 24.2 Å². The van der Waals surface area contributed by atoms with Crippen LogP contribution in [-0.4, -0.2) is 34.8 Å². The number of benzene rings is 1. The molecule has 4 aromatic rings. The summed E-state index contributed by atoms with van der Waals surface area (Å²) in [6.07, 6.45) is 1.59. The summed E-state index contributed by atoms with van der Waals surface area (Å²) in [7, 11) is 1.71. The van der Waals surface area contributed by atoms with E-state index in [1.165, 1.54) is 0 Å². The van der Waals surface area contributed by atoms with Gasteiger partial charge in [-0.15, -0.1) is 5.10 Å². The number of guanidine groups is 1. The van der Waals surface area contributed by atoms with Crippen molar-refractivity contribution in [2.24, 2.45) is 4.99 Å². The molecule has 3 heterocycles. The summed E-state index contributed by atoms with van der Waals surface area (Å²) in [4.78, 5) is 8.69. The first kappa shape index (κ1) is 19.6. The molecular formula is C21H24N6O3. The molecule has 1 aromatic carbocycles. The van der Waals surface area contributed by atoms with E-state index in [2.05, 4.69) is 30.8 Å². The van der Waals surface area contributed by atoms with Crippen LogP contribution in [0.15, 0.2) is 56.5 Å². The van der Waals surface area contributed by atoms with Crippen molar-refractivity contribution in [1.82, 2.24) is 25.8 Å². The maximum atomic E-state index is 6.06. The molecule has 156 valence electrons. The van der Waals surface area contributed by atoms with Crippen LogP contribution < -0.4 is 15.4 Å². The van der Waals surface area contributed by atoms with E-state index < -0.39 is 0 Å². The number of H-pyrrole nitrogens is 1. The first-order chi connectivity index (χ1) is 14.7. The van der Waals surface area contributed by atoms with Gasteiger partial charge in [0.05, 0.1) is 25.5 Å². The third kappa shape index (κ3) is 4.14. The van der Waals surface area contributed by atoms with Crippen molar-refractivity contribution < 1.29 is 13.6 Å². The third-order valence-corrected chi connectivity index (χ3v) is 4.53. The third-order valence-electron chi connectivity index (χ3n) is 4.53. The monoisotopic (exact) mass is 408 g/mol. The molecular weight excluding hydrogens is 384 g/mol. The quantitative estimate of drug-likeness (QED) is 0.316. The number of rotatable bonds is 7. The average molecular weight is 408 g/mol. The first-order valence-electron chi connectivity index (χ1n) is 9.75. The van der Waals surface area contributed by atoms with Crippen molar-refractivity contribution in [3.8, 4) is 17.3 Å². The molecule has 0 bridgehead atoms. The van der Waals surface area contributed by atoms with Gasteiger partial charge in [-0.05, 0) is 38.1 Å². The van der Waals surface area contributed by atoms with Crippen molar-refractivity contribution >= 4 is 16.9 Å². The highest BCUT2D eigenvalue weighted by Gasteiger charge is 2.16. The maximum absolute atomic E-state index is 6.06. The molecule has 9 nitrogen and oxygen atoms in total. The van der Waals surface area contributed by atoms with E-state index in [0.29, 0.717) is 36.5 Å². The Hall–Kier alpha value is -3.75. The van der Waals surface area contributed by atoms with E-state index in [-0.39, 0.29) is 6.04 Å². The van der Waals surface area contributed by atoms with Crippen molar-refractivity contribution in [1.29, 1.82) is 0 Å². The molecule has 0 saturated carbocycles. The van der Waals surface area contributed by atoms with Crippen LogP contribution >= 0.6 is 0 Å². The lowest BCUT2D eigenvalue weighted by Gasteiger charge is -2.15. The molecule has 0 saturated heterocycles. The summed E-state index contributed by atoms with van der Waals surface area (Å²) in [5.41, 5.74) is 0.748. The van der Waals surface area contributed by atoms with Gasteiger partial charge in [0.2, 0.25) is 5.82 Å². The molecule has 1 atom stereocenters. The molecule has 0 spiro atoms. The van der Waals surface area contributed by atoms with Crippen LogP contribution in [0.25, 0.3) is 22.6 Å². The summed E-state index contributed by atoms with van der Waals surface area (Å²) < 4.78 is 17.0. The Morgan fingerprint density at radius 1 is 1.30 bits per heavy atom. The van der Waals surface area contributed by atoms with Crippen LogP contribution in [-0.2, 0) is 6.54 Å². The maximum Gasteiger partial charge on any atom is 0.216 e. The van der Waals surface area contributed by atoms with Crippen molar-refractivity contribution in [2.45, 2.75) is 26.4 Å². The van der Waals surface area contributed by atoms with Crippen LogP contribution in [0.2, 0.25) is 0 Å². The molecule has 0 radical (unpaired) electrons. The van der Waals surface area contributed by atoms with Crippen LogP contribution in [0.3, 0.4) is 0 Å². The second-order valence-corrected chi connectivity index (χ2v) is 6.63. The van der Waals surface area contributed by atoms with E-state index >= 15 is 0 Å². The summed E-state index contributed by atoms with van der Waals surface area (Å²) in [6, 6.07) is 11.4. The van der Waals surface area contributed by atoms with Gasteiger partial charge >= 0.3 is 0 Å². The fourth-order valence-corrected chi connectivity index (χ4v) is 3.07. The van der Waals surface area contributed by atoms with Gasteiger partial charge in [0.15, 0.2) is 23.1 Å². The summed E-state index contributed by atoms with van der Waals surface area (Å²) >= 11 is 0. The minimum Gasteiger partial charge on any atom is -0.490 e. The van der Waals surface area contributed by atoms with Gasteiger partial charge in [-0.2, -0.15) is 0 Å². The molecule has 0 fully saturated rings. The Labute approximate surface area is 173 Å². The van der Waals surface area contributed by atoms with E-state index in [9.17, 15) is 0 Å². The number of ether oxygens (including phenoxy) is 1. The number of fused-ring (bicyclic) bond motifs is 1. The Morgan fingerprint density at radius 3 is 2.97 bits per heavy atom. The first-order valence-corrected chi connectivity index (χ1v) is 9.75. The Balaban J connectivity index is 1.40. The normalized spacial score (nSPS) is 12.8. The van der Waals surface area contributed by atoms with Gasteiger partial charge in [-0.1, -0.05) is 12.1 Å². The number of aromatic nitrogens is 3. The van der Waals surface area contributed by atoms with Crippen LogP contribution in [0.4, 0.5) is 0 Å². The fourth-order valence-electron chi connectivity index (χ4n) is 3.07. The number of aromatic amines is 1. The molecule has 0 aliphatic carbocycles. The van der Waals surface area contributed by atoms with Crippen molar-refractivity contribution in [2.75, 3.05) is 13.7 Å². The molecule has 3 aromatic heterocycles. The molecule has 1 unspecified atom stereocenters. The predicted octanol–water partition coefficient (Wildman–Crippen LogP) is 3.64. The Kier molecular flexibility index (Phi) is 5.69. The highest BCUT2D eigenvalue weighted by molar-refractivity contribution is 5.84. The topological polar surface area (TPSA) is 114 Å². The fraction of sp³-hybridized carbons (Fsp3) is 0.286.